The average Bonchev–Trinajstić information content (AvgIpc) is 3.13. The highest BCUT2D eigenvalue weighted by atomic mass is 16.2. The third-order valence-corrected chi connectivity index (χ3v) is 6.44. The summed E-state index contributed by atoms with van der Waals surface area (Å²) in [4.78, 5) is 42.8. The molecule has 6 nitrogen and oxygen atoms in total. The Morgan fingerprint density at radius 1 is 0.857 bits per heavy atom. The van der Waals surface area contributed by atoms with E-state index >= 15 is 0 Å². The van der Waals surface area contributed by atoms with Crippen molar-refractivity contribution in [3.05, 3.63) is 108 Å². The van der Waals surface area contributed by atoms with E-state index < -0.39 is 11.6 Å². The lowest BCUT2D eigenvalue weighted by atomic mass is 9.85. The maximum absolute atomic E-state index is 13.6. The van der Waals surface area contributed by atoms with E-state index in [0.29, 0.717) is 32.4 Å². The number of amides is 4. The van der Waals surface area contributed by atoms with Crippen LogP contribution in [-0.4, -0.2) is 40.7 Å². The van der Waals surface area contributed by atoms with Gasteiger partial charge in [0.25, 0.3) is 5.91 Å². The van der Waals surface area contributed by atoms with Gasteiger partial charge >= 0.3 is 6.03 Å². The molecule has 0 aromatic heterocycles. The van der Waals surface area contributed by atoms with Crippen LogP contribution in [0.25, 0.3) is 0 Å². The Balaban J connectivity index is 1.54. The van der Waals surface area contributed by atoms with Crippen molar-refractivity contribution >= 4 is 17.8 Å². The van der Waals surface area contributed by atoms with Gasteiger partial charge in [-0.25, -0.2) is 4.79 Å². The zero-order chi connectivity index (χ0) is 24.7. The van der Waals surface area contributed by atoms with Gasteiger partial charge in [-0.1, -0.05) is 104 Å². The van der Waals surface area contributed by atoms with Crippen molar-refractivity contribution in [2.24, 2.45) is 0 Å². The van der Waals surface area contributed by atoms with Crippen molar-refractivity contribution in [2.75, 3.05) is 13.1 Å². The molecular formula is C29H31N3O3. The summed E-state index contributed by atoms with van der Waals surface area (Å²) in [6.07, 6.45) is 1.86. The number of nitrogens with one attached hydrogen (secondary N) is 1. The molecule has 1 N–H and O–H groups in total. The van der Waals surface area contributed by atoms with E-state index in [1.54, 1.807) is 4.90 Å². The normalized spacial score (nSPS) is 17.3. The van der Waals surface area contributed by atoms with Gasteiger partial charge < -0.3 is 10.2 Å². The van der Waals surface area contributed by atoms with E-state index in [9.17, 15) is 14.4 Å². The SMILES string of the molecule is CCC[C@]1(c2ccccc2)NC(=O)N(CC(=O)N(CCc2ccccc2)Cc2ccccc2)C1=O. The lowest BCUT2D eigenvalue weighted by Crippen LogP contribution is -2.46. The van der Waals surface area contributed by atoms with Crippen molar-refractivity contribution < 1.29 is 14.4 Å². The Labute approximate surface area is 206 Å². The Morgan fingerprint density at radius 2 is 1.43 bits per heavy atom. The van der Waals surface area contributed by atoms with Crippen LogP contribution < -0.4 is 5.32 Å². The molecule has 35 heavy (non-hydrogen) atoms. The van der Waals surface area contributed by atoms with Crippen LogP contribution in [-0.2, 0) is 28.1 Å². The minimum Gasteiger partial charge on any atom is -0.336 e. The van der Waals surface area contributed by atoms with E-state index in [4.69, 9.17) is 0 Å². The number of benzene rings is 3. The highest BCUT2D eigenvalue weighted by Crippen LogP contribution is 2.33. The van der Waals surface area contributed by atoms with Crippen LogP contribution in [0.2, 0.25) is 0 Å². The summed E-state index contributed by atoms with van der Waals surface area (Å²) in [6, 6.07) is 28.5. The van der Waals surface area contributed by atoms with Crippen LogP contribution in [0, 0.1) is 0 Å². The number of carbonyl (C=O) groups is 3. The smallest absolute Gasteiger partial charge is 0.325 e. The minimum atomic E-state index is -1.14. The third-order valence-electron chi connectivity index (χ3n) is 6.44. The molecule has 3 aromatic rings. The first-order chi connectivity index (χ1) is 17.0. The van der Waals surface area contributed by atoms with Crippen LogP contribution in [0.5, 0.6) is 0 Å². The molecular weight excluding hydrogens is 438 g/mol. The van der Waals surface area contributed by atoms with E-state index in [0.717, 1.165) is 21.6 Å². The van der Waals surface area contributed by atoms with Crippen LogP contribution in [0.4, 0.5) is 4.79 Å². The minimum absolute atomic E-state index is 0.256. The Hall–Kier alpha value is -3.93. The van der Waals surface area contributed by atoms with Crippen LogP contribution in [0.15, 0.2) is 91.0 Å². The molecule has 1 fully saturated rings. The maximum Gasteiger partial charge on any atom is 0.325 e. The first-order valence-electron chi connectivity index (χ1n) is 12.1. The molecule has 4 amide bonds. The molecule has 180 valence electrons. The van der Waals surface area contributed by atoms with Crippen molar-refractivity contribution in [1.29, 1.82) is 0 Å². The highest BCUT2D eigenvalue weighted by molar-refractivity contribution is 6.09. The van der Waals surface area contributed by atoms with Gasteiger partial charge in [-0.3, -0.25) is 14.5 Å². The lowest BCUT2D eigenvalue weighted by molar-refractivity contribution is -0.139. The number of urea groups is 1. The number of rotatable bonds is 10. The van der Waals surface area contributed by atoms with Gasteiger partial charge in [0.2, 0.25) is 5.91 Å². The summed E-state index contributed by atoms with van der Waals surface area (Å²) in [5, 5.41) is 2.90. The van der Waals surface area contributed by atoms with Gasteiger partial charge in [-0.2, -0.15) is 0 Å². The molecule has 1 saturated heterocycles. The fourth-order valence-corrected chi connectivity index (χ4v) is 4.62. The maximum atomic E-state index is 13.6. The quantitative estimate of drug-likeness (QED) is 0.445. The van der Waals surface area contributed by atoms with Gasteiger partial charge in [0, 0.05) is 13.1 Å². The zero-order valence-corrected chi connectivity index (χ0v) is 20.0. The molecule has 0 aliphatic carbocycles. The predicted molar refractivity (Wildman–Crippen MR) is 135 cm³/mol. The van der Waals surface area contributed by atoms with E-state index in [1.807, 2.05) is 97.9 Å². The number of carbonyl (C=O) groups excluding carboxylic acids is 3. The van der Waals surface area contributed by atoms with Crippen molar-refractivity contribution in [3.63, 3.8) is 0 Å². The molecule has 0 radical (unpaired) electrons. The predicted octanol–water partition coefficient (Wildman–Crippen LogP) is 4.51. The number of imide groups is 1. The molecule has 0 spiro atoms. The fourth-order valence-electron chi connectivity index (χ4n) is 4.62. The first-order valence-corrected chi connectivity index (χ1v) is 12.1. The highest BCUT2D eigenvalue weighted by Gasteiger charge is 2.52. The summed E-state index contributed by atoms with van der Waals surface area (Å²) in [7, 11) is 0. The summed E-state index contributed by atoms with van der Waals surface area (Å²) in [6.45, 7) is 2.59. The van der Waals surface area contributed by atoms with Crippen molar-refractivity contribution in [2.45, 2.75) is 38.3 Å². The van der Waals surface area contributed by atoms with Gasteiger partial charge in [-0.05, 0) is 29.5 Å². The summed E-state index contributed by atoms with van der Waals surface area (Å²) in [5.41, 5.74) is 1.72. The zero-order valence-electron chi connectivity index (χ0n) is 20.0. The van der Waals surface area contributed by atoms with Crippen molar-refractivity contribution in [1.82, 2.24) is 15.1 Å². The topological polar surface area (TPSA) is 69.7 Å². The van der Waals surface area contributed by atoms with Crippen molar-refractivity contribution in [3.8, 4) is 0 Å². The molecule has 4 rings (SSSR count). The van der Waals surface area contributed by atoms with E-state index in [1.165, 1.54) is 0 Å². The molecule has 1 heterocycles. The molecule has 1 atom stereocenters. The molecule has 0 bridgehead atoms. The molecule has 3 aromatic carbocycles. The molecule has 6 heteroatoms. The van der Waals surface area contributed by atoms with Crippen LogP contribution >= 0.6 is 0 Å². The second-order valence-corrected chi connectivity index (χ2v) is 8.88. The standard InChI is InChI=1S/C29H31N3O3/c1-2-19-29(25-16-10-5-11-17-25)27(34)32(28(35)30-29)22-26(33)31(21-24-14-8-4-9-15-24)20-18-23-12-6-3-7-13-23/h3-17H,2,18-22H2,1H3,(H,30,35)/t29-/m1/s1. The van der Waals surface area contributed by atoms with Crippen LogP contribution in [0.1, 0.15) is 36.5 Å². The lowest BCUT2D eigenvalue weighted by Gasteiger charge is -2.28. The third kappa shape index (κ3) is 5.43. The molecule has 1 aliphatic heterocycles. The fraction of sp³-hybridized carbons (Fsp3) is 0.276. The number of hydrogen-bond acceptors (Lipinski definition) is 3. The van der Waals surface area contributed by atoms with Gasteiger partial charge in [0.15, 0.2) is 0 Å². The average molecular weight is 470 g/mol. The summed E-state index contributed by atoms with van der Waals surface area (Å²) < 4.78 is 0. The Kier molecular flexibility index (Phi) is 7.60. The molecule has 1 aliphatic rings. The van der Waals surface area contributed by atoms with E-state index in [2.05, 4.69) is 5.32 Å². The molecule has 0 unspecified atom stereocenters. The second-order valence-electron chi connectivity index (χ2n) is 8.88. The Bertz CT molecular complexity index is 1150. The number of hydrogen-bond donors (Lipinski definition) is 1. The summed E-state index contributed by atoms with van der Waals surface area (Å²) in [5.74, 6) is -0.625. The second kappa shape index (κ2) is 11.0. The first kappa shape index (κ1) is 24.2. The largest absolute Gasteiger partial charge is 0.336 e. The number of nitrogens with zero attached hydrogens (tertiary/aromatic N) is 2. The molecule has 0 saturated carbocycles. The van der Waals surface area contributed by atoms with Gasteiger partial charge in [-0.15, -0.1) is 0 Å². The monoisotopic (exact) mass is 469 g/mol. The van der Waals surface area contributed by atoms with Gasteiger partial charge in [0.1, 0.15) is 12.1 Å². The van der Waals surface area contributed by atoms with E-state index in [-0.39, 0.29) is 18.4 Å². The van der Waals surface area contributed by atoms with Crippen LogP contribution in [0.3, 0.4) is 0 Å². The van der Waals surface area contributed by atoms with Gasteiger partial charge in [0.05, 0.1) is 0 Å². The summed E-state index contributed by atoms with van der Waals surface area (Å²) >= 11 is 0. The Morgan fingerprint density at radius 3 is 2.03 bits per heavy atom.